The van der Waals surface area contributed by atoms with Gasteiger partial charge in [-0.15, -0.1) is 0 Å². The number of nitrogens with zero attached hydrogens (tertiary/aromatic N) is 1. The number of anilines is 1. The summed E-state index contributed by atoms with van der Waals surface area (Å²) in [5.74, 6) is 0.00456. The van der Waals surface area contributed by atoms with Gasteiger partial charge in [0.05, 0.1) is 12.2 Å². The number of halogens is 2. The minimum Gasteiger partial charge on any atom is -0.324 e. The number of nitrogens with one attached hydrogen (secondary N) is 2. The molecule has 0 aliphatic carbocycles. The van der Waals surface area contributed by atoms with Crippen molar-refractivity contribution in [2.45, 2.75) is 6.42 Å². The molecule has 1 saturated heterocycles. The molecule has 6 heteroatoms. The van der Waals surface area contributed by atoms with Crippen molar-refractivity contribution >= 4 is 39.1 Å². The Kier molecular flexibility index (Phi) is 5.63. The van der Waals surface area contributed by atoms with E-state index in [0.29, 0.717) is 11.6 Å². The van der Waals surface area contributed by atoms with Crippen molar-refractivity contribution in [3.05, 3.63) is 27.7 Å². The Morgan fingerprint density at radius 2 is 2.26 bits per heavy atom. The number of rotatable bonds is 3. The second kappa shape index (κ2) is 7.24. The topological polar surface area (TPSA) is 44.4 Å². The van der Waals surface area contributed by atoms with Crippen LogP contribution < -0.4 is 10.6 Å². The van der Waals surface area contributed by atoms with Gasteiger partial charge in [-0.25, -0.2) is 0 Å². The zero-order valence-corrected chi connectivity index (χ0v) is 12.9. The third-order valence-electron chi connectivity index (χ3n) is 3.01. The summed E-state index contributed by atoms with van der Waals surface area (Å²) < 4.78 is 0.797. The second-order valence-electron chi connectivity index (χ2n) is 4.55. The van der Waals surface area contributed by atoms with Gasteiger partial charge in [0, 0.05) is 22.6 Å². The standard InChI is InChI=1S/C13H17BrClN3O/c14-11-8-10(15)2-3-12(11)17-13(19)9-18-6-1-4-16-5-7-18/h2-3,8,16H,1,4-7,9H2,(H,17,19). The van der Waals surface area contributed by atoms with E-state index in [2.05, 4.69) is 31.5 Å². The van der Waals surface area contributed by atoms with Gasteiger partial charge in [0.25, 0.3) is 0 Å². The summed E-state index contributed by atoms with van der Waals surface area (Å²) in [6.07, 6.45) is 1.08. The molecule has 0 bridgehead atoms. The van der Waals surface area contributed by atoms with Gasteiger partial charge in [0.2, 0.25) is 5.91 Å². The second-order valence-corrected chi connectivity index (χ2v) is 5.84. The van der Waals surface area contributed by atoms with Crippen LogP contribution in [0.3, 0.4) is 0 Å². The first-order valence-corrected chi connectivity index (χ1v) is 7.50. The van der Waals surface area contributed by atoms with Crippen LogP contribution >= 0.6 is 27.5 Å². The lowest BCUT2D eigenvalue weighted by atomic mass is 10.3. The van der Waals surface area contributed by atoms with E-state index in [1.54, 1.807) is 18.2 Å². The first-order valence-electron chi connectivity index (χ1n) is 6.33. The average molecular weight is 347 g/mol. The maximum Gasteiger partial charge on any atom is 0.238 e. The van der Waals surface area contributed by atoms with Gasteiger partial charge in [-0.3, -0.25) is 9.69 Å². The normalized spacial score (nSPS) is 16.9. The van der Waals surface area contributed by atoms with E-state index in [0.717, 1.165) is 42.8 Å². The number of hydrogen-bond donors (Lipinski definition) is 2. The Balaban J connectivity index is 1.89. The molecule has 1 amide bonds. The Morgan fingerprint density at radius 1 is 1.42 bits per heavy atom. The molecule has 1 aromatic carbocycles. The number of hydrogen-bond acceptors (Lipinski definition) is 3. The fraction of sp³-hybridized carbons (Fsp3) is 0.462. The molecular formula is C13H17BrClN3O. The van der Waals surface area contributed by atoms with E-state index in [4.69, 9.17) is 11.6 Å². The van der Waals surface area contributed by atoms with Gasteiger partial charge in [-0.1, -0.05) is 11.6 Å². The van der Waals surface area contributed by atoms with Gasteiger partial charge in [0.1, 0.15) is 0 Å². The summed E-state index contributed by atoms with van der Waals surface area (Å²) in [6, 6.07) is 5.33. The van der Waals surface area contributed by atoms with E-state index in [-0.39, 0.29) is 5.91 Å². The molecule has 1 aromatic rings. The highest BCUT2D eigenvalue weighted by Crippen LogP contribution is 2.25. The van der Waals surface area contributed by atoms with Crippen LogP contribution in [0.2, 0.25) is 5.02 Å². The minimum atomic E-state index is 0.00456. The van der Waals surface area contributed by atoms with Crippen LogP contribution in [0, 0.1) is 0 Å². The molecule has 0 aromatic heterocycles. The highest BCUT2D eigenvalue weighted by Gasteiger charge is 2.13. The fourth-order valence-electron chi connectivity index (χ4n) is 2.04. The lowest BCUT2D eigenvalue weighted by molar-refractivity contribution is -0.117. The van der Waals surface area contributed by atoms with E-state index in [1.165, 1.54) is 0 Å². The number of carbonyl (C=O) groups excluding carboxylic acids is 1. The van der Waals surface area contributed by atoms with Gasteiger partial charge < -0.3 is 10.6 Å². The van der Waals surface area contributed by atoms with E-state index < -0.39 is 0 Å². The molecule has 2 N–H and O–H groups in total. The monoisotopic (exact) mass is 345 g/mol. The third-order valence-corrected chi connectivity index (χ3v) is 3.90. The molecule has 0 saturated carbocycles. The summed E-state index contributed by atoms with van der Waals surface area (Å²) in [6.45, 7) is 4.27. The van der Waals surface area contributed by atoms with Crippen molar-refractivity contribution in [2.24, 2.45) is 0 Å². The molecule has 0 unspecified atom stereocenters. The molecular weight excluding hydrogens is 330 g/mol. The number of amides is 1. The van der Waals surface area contributed by atoms with Crippen molar-refractivity contribution in [1.82, 2.24) is 10.2 Å². The van der Waals surface area contributed by atoms with Gasteiger partial charge in [-0.05, 0) is 53.6 Å². The molecule has 2 rings (SSSR count). The third kappa shape index (κ3) is 4.76. The molecule has 4 nitrogen and oxygen atoms in total. The molecule has 19 heavy (non-hydrogen) atoms. The molecule has 1 aliphatic heterocycles. The highest BCUT2D eigenvalue weighted by atomic mass is 79.9. The van der Waals surface area contributed by atoms with E-state index in [9.17, 15) is 4.79 Å². The average Bonchev–Trinajstić information content (AvgIpc) is 2.61. The van der Waals surface area contributed by atoms with Gasteiger partial charge in [0.15, 0.2) is 0 Å². The van der Waals surface area contributed by atoms with Crippen LogP contribution in [0.1, 0.15) is 6.42 Å². The summed E-state index contributed by atoms with van der Waals surface area (Å²) in [4.78, 5) is 14.2. The van der Waals surface area contributed by atoms with Crippen LogP contribution in [-0.2, 0) is 4.79 Å². The Morgan fingerprint density at radius 3 is 3.05 bits per heavy atom. The molecule has 1 fully saturated rings. The largest absolute Gasteiger partial charge is 0.324 e. The molecule has 0 radical (unpaired) electrons. The van der Waals surface area contributed by atoms with Crippen LogP contribution in [0.5, 0.6) is 0 Å². The van der Waals surface area contributed by atoms with Gasteiger partial charge in [-0.2, -0.15) is 0 Å². The van der Waals surface area contributed by atoms with Crippen LogP contribution in [0.4, 0.5) is 5.69 Å². The van der Waals surface area contributed by atoms with Crippen molar-refractivity contribution < 1.29 is 4.79 Å². The quantitative estimate of drug-likeness (QED) is 0.883. The summed E-state index contributed by atoms with van der Waals surface area (Å²) in [5, 5.41) is 6.86. The summed E-state index contributed by atoms with van der Waals surface area (Å²) in [5.41, 5.74) is 0.752. The molecule has 0 spiro atoms. The van der Waals surface area contributed by atoms with E-state index >= 15 is 0 Å². The molecule has 1 aliphatic rings. The highest BCUT2D eigenvalue weighted by molar-refractivity contribution is 9.10. The lowest BCUT2D eigenvalue weighted by Crippen LogP contribution is -2.35. The first kappa shape index (κ1) is 14.8. The van der Waals surface area contributed by atoms with Crippen molar-refractivity contribution in [1.29, 1.82) is 0 Å². The van der Waals surface area contributed by atoms with Crippen molar-refractivity contribution in [2.75, 3.05) is 38.0 Å². The molecule has 1 heterocycles. The molecule has 0 atom stereocenters. The smallest absolute Gasteiger partial charge is 0.238 e. The zero-order chi connectivity index (χ0) is 13.7. The Bertz CT molecular complexity index is 448. The zero-order valence-electron chi connectivity index (χ0n) is 10.6. The maximum absolute atomic E-state index is 12.0. The fourth-order valence-corrected chi connectivity index (χ4v) is 2.83. The van der Waals surface area contributed by atoms with Crippen molar-refractivity contribution in [3.8, 4) is 0 Å². The Labute approximate surface area is 126 Å². The predicted octanol–water partition coefficient (Wildman–Crippen LogP) is 2.34. The lowest BCUT2D eigenvalue weighted by Gasteiger charge is -2.18. The first-order chi connectivity index (χ1) is 9.15. The number of carbonyl (C=O) groups is 1. The Hall–Kier alpha value is -0.620. The van der Waals surface area contributed by atoms with Crippen LogP contribution in [0.15, 0.2) is 22.7 Å². The maximum atomic E-state index is 12.0. The van der Waals surface area contributed by atoms with Crippen molar-refractivity contribution in [3.63, 3.8) is 0 Å². The van der Waals surface area contributed by atoms with Crippen LogP contribution in [0.25, 0.3) is 0 Å². The minimum absolute atomic E-state index is 0.00456. The predicted molar refractivity (Wildman–Crippen MR) is 81.7 cm³/mol. The summed E-state index contributed by atoms with van der Waals surface area (Å²) >= 11 is 9.26. The summed E-state index contributed by atoms with van der Waals surface area (Å²) in [7, 11) is 0. The van der Waals surface area contributed by atoms with Crippen LogP contribution in [-0.4, -0.2) is 43.5 Å². The number of benzene rings is 1. The van der Waals surface area contributed by atoms with Gasteiger partial charge >= 0.3 is 0 Å². The SMILES string of the molecule is O=C(CN1CCCNCC1)Nc1ccc(Cl)cc1Br. The van der Waals surface area contributed by atoms with E-state index in [1.807, 2.05) is 0 Å². The molecule has 104 valence electrons.